The van der Waals surface area contributed by atoms with Crippen LogP contribution >= 0.6 is 0 Å². The summed E-state index contributed by atoms with van der Waals surface area (Å²) in [6.07, 6.45) is 3.06. The van der Waals surface area contributed by atoms with Gasteiger partial charge in [0.25, 0.3) is 0 Å². The first kappa shape index (κ1) is 11.9. The first-order valence-corrected chi connectivity index (χ1v) is 4.50. The van der Waals surface area contributed by atoms with Gasteiger partial charge in [0, 0.05) is 11.6 Å². The summed E-state index contributed by atoms with van der Waals surface area (Å²) in [7, 11) is 0. The standard InChI is InChI=1S/C12H9NO2.H2O/c14-7-9(8-15)10-5-6-13-12-4-2-1-3-11(10)12;/h1-8,14H;1H2/b9-7+;. The highest BCUT2D eigenvalue weighted by Crippen LogP contribution is 2.21. The maximum Gasteiger partial charge on any atom is 0.153 e. The van der Waals surface area contributed by atoms with Gasteiger partial charge >= 0.3 is 0 Å². The fraction of sp³-hybridized carbons (Fsp3) is 0. The lowest BCUT2D eigenvalue weighted by molar-refractivity contribution is -0.103. The van der Waals surface area contributed by atoms with Crippen molar-refractivity contribution in [3.63, 3.8) is 0 Å². The number of aliphatic hydroxyl groups excluding tert-OH is 1. The third kappa shape index (κ3) is 1.92. The molecule has 1 heterocycles. The van der Waals surface area contributed by atoms with Crippen LogP contribution in [0, 0.1) is 0 Å². The fourth-order valence-corrected chi connectivity index (χ4v) is 1.51. The number of fused-ring (bicyclic) bond motifs is 1. The van der Waals surface area contributed by atoms with Gasteiger partial charge in [0.2, 0.25) is 0 Å². The van der Waals surface area contributed by atoms with E-state index >= 15 is 0 Å². The monoisotopic (exact) mass is 217 g/mol. The minimum absolute atomic E-state index is 0. The molecule has 82 valence electrons. The van der Waals surface area contributed by atoms with Crippen LogP contribution in [0.25, 0.3) is 16.5 Å². The molecule has 0 saturated heterocycles. The summed E-state index contributed by atoms with van der Waals surface area (Å²) < 4.78 is 0. The van der Waals surface area contributed by atoms with Crippen molar-refractivity contribution in [2.45, 2.75) is 0 Å². The third-order valence-electron chi connectivity index (χ3n) is 2.23. The van der Waals surface area contributed by atoms with Gasteiger partial charge in [0.15, 0.2) is 6.29 Å². The Morgan fingerprint density at radius 2 is 2.00 bits per heavy atom. The second-order valence-electron chi connectivity index (χ2n) is 3.08. The summed E-state index contributed by atoms with van der Waals surface area (Å²) in [5, 5.41) is 9.78. The Morgan fingerprint density at radius 1 is 1.25 bits per heavy atom. The zero-order valence-corrected chi connectivity index (χ0v) is 8.42. The van der Waals surface area contributed by atoms with Crippen molar-refractivity contribution in [3.8, 4) is 0 Å². The molecule has 0 radical (unpaired) electrons. The van der Waals surface area contributed by atoms with Crippen LogP contribution in [0.4, 0.5) is 0 Å². The highest BCUT2D eigenvalue weighted by Gasteiger charge is 2.05. The van der Waals surface area contributed by atoms with Crippen molar-refractivity contribution in [2.75, 3.05) is 0 Å². The van der Waals surface area contributed by atoms with Crippen LogP contribution < -0.4 is 0 Å². The molecule has 0 saturated carbocycles. The molecule has 0 atom stereocenters. The van der Waals surface area contributed by atoms with E-state index in [0.717, 1.165) is 17.2 Å². The number of pyridine rings is 1. The van der Waals surface area contributed by atoms with Crippen molar-refractivity contribution >= 4 is 22.8 Å². The predicted octanol–water partition coefficient (Wildman–Crippen LogP) is 1.51. The molecule has 0 spiro atoms. The molecule has 2 aromatic rings. The summed E-state index contributed by atoms with van der Waals surface area (Å²) >= 11 is 0. The molecule has 3 N–H and O–H groups in total. The van der Waals surface area contributed by atoms with Crippen LogP contribution in [0.3, 0.4) is 0 Å². The molecule has 0 fully saturated rings. The largest absolute Gasteiger partial charge is 0.515 e. The van der Waals surface area contributed by atoms with Crippen molar-refractivity contribution in [1.82, 2.24) is 4.98 Å². The van der Waals surface area contributed by atoms with Gasteiger partial charge in [-0.25, -0.2) is 0 Å². The molecule has 0 aliphatic carbocycles. The molecular formula is C12H11NO3. The maximum absolute atomic E-state index is 10.7. The third-order valence-corrected chi connectivity index (χ3v) is 2.23. The Balaban J connectivity index is 0.00000128. The van der Waals surface area contributed by atoms with E-state index in [1.165, 1.54) is 0 Å². The van der Waals surface area contributed by atoms with E-state index in [9.17, 15) is 4.79 Å². The number of aliphatic hydroxyl groups is 1. The number of carbonyl (C=O) groups excluding carboxylic acids is 1. The Hall–Kier alpha value is -2.20. The Kier molecular flexibility index (Phi) is 3.74. The summed E-state index contributed by atoms with van der Waals surface area (Å²) in [5.41, 5.74) is 1.75. The van der Waals surface area contributed by atoms with Crippen molar-refractivity contribution < 1.29 is 15.4 Å². The lowest BCUT2D eigenvalue weighted by Crippen LogP contribution is -1.89. The Labute approximate surface area is 92.2 Å². The number of hydrogen-bond donors (Lipinski definition) is 1. The number of carbonyl (C=O) groups is 1. The SMILES string of the molecule is O.O=C/C(=C\O)c1ccnc2ccccc12. The van der Waals surface area contributed by atoms with Crippen molar-refractivity contribution in [1.29, 1.82) is 0 Å². The quantitative estimate of drug-likeness (QED) is 0.470. The lowest BCUT2D eigenvalue weighted by atomic mass is 10.0. The summed E-state index contributed by atoms with van der Waals surface area (Å²) in [4.78, 5) is 14.9. The average molecular weight is 217 g/mol. The molecular weight excluding hydrogens is 206 g/mol. The molecule has 1 aromatic carbocycles. The predicted molar refractivity (Wildman–Crippen MR) is 62.0 cm³/mol. The molecule has 0 aliphatic rings. The molecule has 2 rings (SSSR count). The number of aromatic nitrogens is 1. The summed E-state index contributed by atoms with van der Waals surface area (Å²) in [5.74, 6) is 0. The van der Waals surface area contributed by atoms with Crippen LogP contribution in [-0.4, -0.2) is 21.9 Å². The number of rotatable bonds is 2. The van der Waals surface area contributed by atoms with Crippen molar-refractivity contribution in [3.05, 3.63) is 48.4 Å². The minimum atomic E-state index is 0. The van der Waals surface area contributed by atoms with E-state index in [0.29, 0.717) is 11.8 Å². The zero-order chi connectivity index (χ0) is 10.7. The van der Waals surface area contributed by atoms with Gasteiger partial charge in [0.05, 0.1) is 17.4 Å². The number of allylic oxidation sites excluding steroid dienone is 1. The molecule has 0 bridgehead atoms. The fourth-order valence-electron chi connectivity index (χ4n) is 1.51. The highest BCUT2D eigenvalue weighted by molar-refractivity contribution is 6.11. The number of para-hydroxylation sites is 1. The van der Waals surface area contributed by atoms with Gasteiger partial charge in [0.1, 0.15) is 0 Å². The topological polar surface area (TPSA) is 81.7 Å². The average Bonchev–Trinajstić information content (AvgIpc) is 2.31. The van der Waals surface area contributed by atoms with Gasteiger partial charge in [-0.1, -0.05) is 18.2 Å². The Morgan fingerprint density at radius 3 is 2.69 bits per heavy atom. The van der Waals surface area contributed by atoms with Gasteiger partial charge in [-0.2, -0.15) is 0 Å². The van der Waals surface area contributed by atoms with Crippen LogP contribution in [0.1, 0.15) is 5.56 Å². The van der Waals surface area contributed by atoms with E-state index in [4.69, 9.17) is 5.11 Å². The molecule has 0 amide bonds. The lowest BCUT2D eigenvalue weighted by Gasteiger charge is -2.03. The molecule has 0 unspecified atom stereocenters. The highest BCUT2D eigenvalue weighted by atomic mass is 16.2. The normalized spacial score (nSPS) is 10.9. The molecule has 0 aliphatic heterocycles. The van der Waals surface area contributed by atoms with E-state index in [2.05, 4.69) is 4.98 Å². The number of nitrogens with zero attached hydrogens (tertiary/aromatic N) is 1. The van der Waals surface area contributed by atoms with Crippen LogP contribution in [0.5, 0.6) is 0 Å². The molecule has 1 aromatic heterocycles. The Bertz CT molecular complexity index is 529. The molecule has 4 nitrogen and oxygen atoms in total. The molecule has 4 heteroatoms. The molecule has 16 heavy (non-hydrogen) atoms. The minimum Gasteiger partial charge on any atom is -0.515 e. The number of hydrogen-bond acceptors (Lipinski definition) is 3. The van der Waals surface area contributed by atoms with E-state index in [1.54, 1.807) is 12.3 Å². The maximum atomic E-state index is 10.7. The van der Waals surface area contributed by atoms with Gasteiger partial charge in [-0.3, -0.25) is 9.78 Å². The van der Waals surface area contributed by atoms with Crippen LogP contribution in [-0.2, 0) is 4.79 Å². The van der Waals surface area contributed by atoms with Crippen LogP contribution in [0.15, 0.2) is 42.8 Å². The van der Waals surface area contributed by atoms with Gasteiger partial charge < -0.3 is 10.6 Å². The van der Waals surface area contributed by atoms with Crippen LogP contribution in [0.2, 0.25) is 0 Å². The summed E-state index contributed by atoms with van der Waals surface area (Å²) in [6, 6.07) is 9.18. The summed E-state index contributed by atoms with van der Waals surface area (Å²) in [6.45, 7) is 0. The van der Waals surface area contributed by atoms with Crippen molar-refractivity contribution in [2.24, 2.45) is 0 Å². The first-order chi connectivity index (χ1) is 7.36. The smallest absolute Gasteiger partial charge is 0.153 e. The van der Waals surface area contributed by atoms with E-state index in [1.807, 2.05) is 24.3 Å². The second kappa shape index (κ2) is 5.04. The second-order valence-corrected chi connectivity index (χ2v) is 3.08. The number of benzene rings is 1. The van der Waals surface area contributed by atoms with E-state index in [-0.39, 0.29) is 11.0 Å². The van der Waals surface area contributed by atoms with E-state index < -0.39 is 0 Å². The number of aldehydes is 1. The first-order valence-electron chi connectivity index (χ1n) is 4.50. The van der Waals surface area contributed by atoms with Gasteiger partial charge in [-0.05, 0) is 17.7 Å². The zero-order valence-electron chi connectivity index (χ0n) is 8.42. The van der Waals surface area contributed by atoms with Gasteiger partial charge in [-0.15, -0.1) is 0 Å².